The fourth-order valence-electron chi connectivity index (χ4n) is 7.97. The normalized spacial score (nSPS) is 11.4. The molecule has 0 aliphatic heterocycles. The molecule has 0 saturated heterocycles. The van der Waals surface area contributed by atoms with Crippen molar-refractivity contribution in [2.45, 2.75) is 0 Å². The maximum atomic E-state index is 2.39. The van der Waals surface area contributed by atoms with Gasteiger partial charge >= 0.3 is 0 Å². The zero-order valence-corrected chi connectivity index (χ0v) is 29.2. The van der Waals surface area contributed by atoms with Crippen LogP contribution in [-0.2, 0) is 0 Å². The van der Waals surface area contributed by atoms with Gasteiger partial charge in [-0.3, -0.25) is 0 Å². The van der Waals surface area contributed by atoms with Crippen molar-refractivity contribution < 1.29 is 0 Å². The number of nitrogens with zero attached hydrogens (tertiary/aromatic N) is 1. The second kappa shape index (κ2) is 13.0. The van der Waals surface area contributed by atoms with Crippen LogP contribution in [0.1, 0.15) is 0 Å². The van der Waals surface area contributed by atoms with Crippen LogP contribution < -0.4 is 4.90 Å². The lowest BCUT2D eigenvalue weighted by Gasteiger charge is -2.26. The molecule has 1 nitrogen and oxygen atoms in total. The Morgan fingerprint density at radius 1 is 0.208 bits per heavy atom. The Morgan fingerprint density at radius 2 is 0.604 bits per heavy atom. The summed E-state index contributed by atoms with van der Waals surface area (Å²) in [5, 5.41) is 10.3. The Labute approximate surface area is 309 Å². The molecule has 0 atom stereocenters. The molecule has 0 aromatic heterocycles. The van der Waals surface area contributed by atoms with Crippen molar-refractivity contribution in [1.82, 2.24) is 0 Å². The lowest BCUT2D eigenvalue weighted by molar-refractivity contribution is 1.28. The summed E-state index contributed by atoms with van der Waals surface area (Å²) in [4.78, 5) is 2.36. The van der Waals surface area contributed by atoms with Gasteiger partial charge < -0.3 is 4.90 Å². The Hall–Kier alpha value is -6.96. The quantitative estimate of drug-likeness (QED) is 0.125. The average molecular weight is 674 g/mol. The van der Waals surface area contributed by atoms with Gasteiger partial charge in [0.15, 0.2) is 0 Å². The van der Waals surface area contributed by atoms with E-state index in [0.29, 0.717) is 0 Å². The standard InChI is InChI=1S/C52H35N/c1-3-12-36(13-4-1)38-24-28-44(29-25-38)53(45-30-26-39(27-31-45)37-14-5-2-6-15-37)46-17-11-16-40(33-46)41-22-23-42-34-51-49-20-9-7-18-47(49)48-19-8-10-21-50(48)52(51)35-43(42)32-41/h1-35H. The number of fused-ring (bicyclic) bond motifs is 7. The Morgan fingerprint density at radius 3 is 1.13 bits per heavy atom. The van der Waals surface area contributed by atoms with Gasteiger partial charge in [0.1, 0.15) is 0 Å². The fraction of sp³-hybridized carbons (Fsp3) is 0. The number of benzene rings is 10. The SMILES string of the molecule is c1ccc(-c2ccc(N(c3ccc(-c4ccccc4)cc3)c3cccc(-c4ccc5cc6c7ccccc7c7ccccc7c6cc5c4)c3)cc2)cc1. The van der Waals surface area contributed by atoms with Crippen molar-refractivity contribution in [1.29, 1.82) is 0 Å². The highest BCUT2D eigenvalue weighted by Gasteiger charge is 2.15. The molecule has 248 valence electrons. The molecule has 0 N–H and O–H groups in total. The van der Waals surface area contributed by atoms with E-state index in [2.05, 4.69) is 217 Å². The summed E-state index contributed by atoms with van der Waals surface area (Å²) in [5.41, 5.74) is 10.5. The largest absolute Gasteiger partial charge is 0.310 e. The Bertz CT molecular complexity index is 2830. The third kappa shape index (κ3) is 5.60. The van der Waals surface area contributed by atoms with Crippen LogP contribution in [0, 0.1) is 0 Å². The molecule has 0 heterocycles. The van der Waals surface area contributed by atoms with Crippen LogP contribution in [-0.4, -0.2) is 0 Å². The summed E-state index contributed by atoms with van der Waals surface area (Å²) in [6, 6.07) is 77.2. The molecule has 0 aliphatic rings. The van der Waals surface area contributed by atoms with E-state index in [4.69, 9.17) is 0 Å². The van der Waals surface area contributed by atoms with Crippen molar-refractivity contribution in [2.24, 2.45) is 0 Å². The summed E-state index contributed by atoms with van der Waals surface area (Å²) in [5.74, 6) is 0. The first-order chi connectivity index (χ1) is 26.3. The minimum absolute atomic E-state index is 1.11. The Kier molecular flexibility index (Phi) is 7.55. The third-order valence-electron chi connectivity index (χ3n) is 10.6. The van der Waals surface area contributed by atoms with Crippen molar-refractivity contribution in [2.75, 3.05) is 4.90 Å². The lowest BCUT2D eigenvalue weighted by atomic mass is 9.91. The molecular formula is C52H35N. The second-order valence-electron chi connectivity index (χ2n) is 13.8. The third-order valence-corrected chi connectivity index (χ3v) is 10.6. The number of hydrogen-bond donors (Lipinski definition) is 0. The van der Waals surface area contributed by atoms with E-state index in [-0.39, 0.29) is 0 Å². The van der Waals surface area contributed by atoms with E-state index in [9.17, 15) is 0 Å². The number of hydrogen-bond acceptors (Lipinski definition) is 1. The molecule has 0 radical (unpaired) electrons. The van der Waals surface area contributed by atoms with Gasteiger partial charge in [0.05, 0.1) is 0 Å². The number of rotatable bonds is 6. The maximum absolute atomic E-state index is 2.39. The second-order valence-corrected chi connectivity index (χ2v) is 13.8. The summed E-state index contributed by atoms with van der Waals surface area (Å²) in [6.45, 7) is 0. The van der Waals surface area contributed by atoms with Gasteiger partial charge in [-0.2, -0.15) is 0 Å². The smallest absolute Gasteiger partial charge is 0.0467 e. The van der Waals surface area contributed by atoms with Crippen molar-refractivity contribution in [3.05, 3.63) is 212 Å². The Balaban J connectivity index is 1.08. The molecular weight excluding hydrogens is 639 g/mol. The monoisotopic (exact) mass is 673 g/mol. The van der Waals surface area contributed by atoms with E-state index >= 15 is 0 Å². The molecule has 0 bridgehead atoms. The maximum Gasteiger partial charge on any atom is 0.0467 e. The minimum atomic E-state index is 1.11. The highest BCUT2D eigenvalue weighted by atomic mass is 15.1. The van der Waals surface area contributed by atoms with Crippen LogP contribution in [0.15, 0.2) is 212 Å². The van der Waals surface area contributed by atoms with Gasteiger partial charge in [-0.05, 0) is 131 Å². The van der Waals surface area contributed by atoms with E-state index < -0.39 is 0 Å². The van der Waals surface area contributed by atoms with Gasteiger partial charge in [-0.15, -0.1) is 0 Å². The summed E-state index contributed by atoms with van der Waals surface area (Å²) < 4.78 is 0. The van der Waals surface area contributed by atoms with Crippen LogP contribution in [0.4, 0.5) is 17.1 Å². The fourth-order valence-corrected chi connectivity index (χ4v) is 7.97. The van der Waals surface area contributed by atoms with Crippen LogP contribution in [0.2, 0.25) is 0 Å². The molecule has 10 rings (SSSR count). The molecule has 0 aliphatic carbocycles. The topological polar surface area (TPSA) is 3.24 Å². The molecule has 0 amide bonds. The molecule has 0 fully saturated rings. The first-order valence-corrected chi connectivity index (χ1v) is 18.3. The highest BCUT2D eigenvalue weighted by Crippen LogP contribution is 2.40. The van der Waals surface area contributed by atoms with Crippen molar-refractivity contribution in [3.63, 3.8) is 0 Å². The zero-order valence-electron chi connectivity index (χ0n) is 29.2. The van der Waals surface area contributed by atoms with Crippen LogP contribution in [0.25, 0.3) is 76.5 Å². The highest BCUT2D eigenvalue weighted by molar-refractivity contribution is 6.27. The minimum Gasteiger partial charge on any atom is -0.310 e. The summed E-state index contributed by atoms with van der Waals surface area (Å²) >= 11 is 0. The van der Waals surface area contributed by atoms with Crippen molar-refractivity contribution in [3.8, 4) is 33.4 Å². The molecule has 10 aromatic carbocycles. The van der Waals surface area contributed by atoms with Crippen LogP contribution in [0.3, 0.4) is 0 Å². The van der Waals surface area contributed by atoms with E-state index in [1.165, 1.54) is 76.5 Å². The molecule has 0 spiro atoms. The summed E-state index contributed by atoms with van der Waals surface area (Å²) in [7, 11) is 0. The zero-order chi connectivity index (χ0) is 35.1. The lowest BCUT2D eigenvalue weighted by Crippen LogP contribution is -2.10. The first kappa shape index (κ1) is 30.8. The van der Waals surface area contributed by atoms with Crippen LogP contribution in [0.5, 0.6) is 0 Å². The average Bonchev–Trinajstić information content (AvgIpc) is 3.24. The van der Waals surface area contributed by atoms with E-state index in [1.54, 1.807) is 0 Å². The molecule has 10 aromatic rings. The predicted molar refractivity (Wildman–Crippen MR) is 227 cm³/mol. The molecule has 53 heavy (non-hydrogen) atoms. The molecule has 1 heteroatoms. The van der Waals surface area contributed by atoms with E-state index in [1.807, 2.05) is 0 Å². The van der Waals surface area contributed by atoms with Crippen molar-refractivity contribution >= 4 is 60.2 Å². The summed E-state index contributed by atoms with van der Waals surface area (Å²) in [6.07, 6.45) is 0. The van der Waals surface area contributed by atoms with E-state index in [0.717, 1.165) is 17.1 Å². The van der Waals surface area contributed by atoms with Gasteiger partial charge in [-0.25, -0.2) is 0 Å². The molecule has 0 saturated carbocycles. The van der Waals surface area contributed by atoms with Gasteiger partial charge in [0.2, 0.25) is 0 Å². The predicted octanol–water partition coefficient (Wildman–Crippen LogP) is 14.8. The number of anilines is 3. The molecule has 0 unspecified atom stereocenters. The van der Waals surface area contributed by atoms with Gasteiger partial charge in [0, 0.05) is 17.1 Å². The van der Waals surface area contributed by atoms with Gasteiger partial charge in [0.25, 0.3) is 0 Å². The van der Waals surface area contributed by atoms with Crippen LogP contribution >= 0.6 is 0 Å². The van der Waals surface area contributed by atoms with Gasteiger partial charge in [-0.1, -0.05) is 158 Å². The first-order valence-electron chi connectivity index (χ1n) is 18.3.